The number of hydrogen-bond acceptors (Lipinski definition) is 4. The Morgan fingerprint density at radius 3 is 2.65 bits per heavy atom. The van der Waals surface area contributed by atoms with Crippen molar-refractivity contribution in [3.8, 4) is 0 Å². The molecular formula is C13H22N2O2. The van der Waals surface area contributed by atoms with Crippen molar-refractivity contribution in [1.82, 2.24) is 10.3 Å². The highest BCUT2D eigenvalue weighted by Crippen LogP contribution is 2.00. The normalized spacial score (nSPS) is 11.0. The highest BCUT2D eigenvalue weighted by atomic mass is 16.7. The average molecular weight is 238 g/mol. The minimum atomic E-state index is -0.0913. The van der Waals surface area contributed by atoms with Gasteiger partial charge >= 0.3 is 0 Å². The van der Waals surface area contributed by atoms with Gasteiger partial charge in [-0.1, -0.05) is 6.07 Å². The Morgan fingerprint density at radius 1 is 1.29 bits per heavy atom. The molecule has 0 spiro atoms. The summed E-state index contributed by atoms with van der Waals surface area (Å²) in [6, 6.07) is 4.00. The van der Waals surface area contributed by atoms with Crippen molar-refractivity contribution < 1.29 is 9.47 Å². The molecule has 4 nitrogen and oxygen atoms in total. The fraction of sp³-hybridized carbons (Fsp3) is 0.615. The second-order valence-electron chi connectivity index (χ2n) is 3.67. The van der Waals surface area contributed by atoms with Gasteiger partial charge in [0.15, 0.2) is 6.29 Å². The van der Waals surface area contributed by atoms with Crippen molar-refractivity contribution in [3.63, 3.8) is 0 Å². The van der Waals surface area contributed by atoms with Crippen LogP contribution in [0.4, 0.5) is 0 Å². The first-order chi connectivity index (χ1) is 8.36. The Balaban J connectivity index is 2.13. The van der Waals surface area contributed by atoms with E-state index in [1.807, 2.05) is 26.1 Å². The molecule has 0 atom stereocenters. The summed E-state index contributed by atoms with van der Waals surface area (Å²) in [5, 5.41) is 3.35. The quantitative estimate of drug-likeness (QED) is 0.527. The Morgan fingerprint density at radius 2 is 2.06 bits per heavy atom. The van der Waals surface area contributed by atoms with Crippen molar-refractivity contribution in [2.45, 2.75) is 33.1 Å². The van der Waals surface area contributed by atoms with E-state index in [2.05, 4.69) is 16.4 Å². The number of aromatic nitrogens is 1. The summed E-state index contributed by atoms with van der Waals surface area (Å²) < 4.78 is 10.9. The lowest BCUT2D eigenvalue weighted by molar-refractivity contribution is -0.138. The van der Waals surface area contributed by atoms with Gasteiger partial charge in [0.05, 0.1) is 0 Å². The van der Waals surface area contributed by atoms with Gasteiger partial charge in [-0.2, -0.15) is 0 Å². The molecule has 0 fully saturated rings. The van der Waals surface area contributed by atoms with E-state index in [9.17, 15) is 0 Å². The molecule has 1 rings (SSSR count). The van der Waals surface area contributed by atoms with Gasteiger partial charge in [-0.05, 0) is 25.5 Å². The minimum Gasteiger partial charge on any atom is -0.353 e. The predicted octanol–water partition coefficient (Wildman–Crippen LogP) is 1.96. The summed E-state index contributed by atoms with van der Waals surface area (Å²) in [5.74, 6) is 0. The molecule has 0 aromatic carbocycles. The Hall–Kier alpha value is -0.970. The standard InChI is InChI=1S/C13H22N2O2/c1-3-16-13(17-4-2)7-9-15-11-12-6-5-8-14-10-12/h5-6,8,10,13,15H,3-4,7,9,11H2,1-2H3. The first-order valence-corrected chi connectivity index (χ1v) is 6.19. The summed E-state index contributed by atoms with van der Waals surface area (Å²) in [4.78, 5) is 4.07. The lowest BCUT2D eigenvalue weighted by Crippen LogP contribution is -2.24. The predicted molar refractivity (Wildman–Crippen MR) is 67.6 cm³/mol. The second kappa shape index (κ2) is 9.10. The maximum absolute atomic E-state index is 5.46. The van der Waals surface area contributed by atoms with E-state index in [1.54, 1.807) is 6.20 Å². The first kappa shape index (κ1) is 14.1. The molecule has 0 radical (unpaired) electrons. The van der Waals surface area contributed by atoms with Crippen LogP contribution in [0.15, 0.2) is 24.5 Å². The number of nitrogens with one attached hydrogen (secondary N) is 1. The van der Waals surface area contributed by atoms with E-state index in [0.29, 0.717) is 13.2 Å². The molecule has 1 heterocycles. The molecule has 0 bridgehead atoms. The highest BCUT2D eigenvalue weighted by Gasteiger charge is 2.06. The summed E-state index contributed by atoms with van der Waals surface area (Å²) in [5.41, 5.74) is 1.19. The van der Waals surface area contributed by atoms with Crippen LogP contribution >= 0.6 is 0 Å². The molecule has 0 aliphatic heterocycles. The van der Waals surface area contributed by atoms with Crippen LogP contribution in [0.25, 0.3) is 0 Å². The molecule has 0 saturated carbocycles. The van der Waals surface area contributed by atoms with E-state index >= 15 is 0 Å². The topological polar surface area (TPSA) is 43.4 Å². The minimum absolute atomic E-state index is 0.0913. The van der Waals surface area contributed by atoms with Crippen LogP contribution in [0.3, 0.4) is 0 Å². The van der Waals surface area contributed by atoms with Crippen molar-refractivity contribution in [2.24, 2.45) is 0 Å². The summed E-state index contributed by atoms with van der Waals surface area (Å²) in [6.45, 7) is 7.04. The van der Waals surface area contributed by atoms with E-state index in [-0.39, 0.29) is 6.29 Å². The molecular weight excluding hydrogens is 216 g/mol. The van der Waals surface area contributed by atoms with Gasteiger partial charge in [0, 0.05) is 45.1 Å². The zero-order valence-corrected chi connectivity index (χ0v) is 10.7. The fourth-order valence-electron chi connectivity index (χ4n) is 1.54. The third-order valence-corrected chi connectivity index (χ3v) is 2.31. The molecule has 0 saturated heterocycles. The number of nitrogens with zero attached hydrogens (tertiary/aromatic N) is 1. The zero-order valence-electron chi connectivity index (χ0n) is 10.7. The van der Waals surface area contributed by atoms with E-state index in [1.165, 1.54) is 5.56 Å². The van der Waals surface area contributed by atoms with Gasteiger partial charge in [0.1, 0.15) is 0 Å². The van der Waals surface area contributed by atoms with Crippen LogP contribution in [0.5, 0.6) is 0 Å². The lowest BCUT2D eigenvalue weighted by atomic mass is 10.3. The molecule has 1 N–H and O–H groups in total. The van der Waals surface area contributed by atoms with Crippen molar-refractivity contribution >= 4 is 0 Å². The van der Waals surface area contributed by atoms with Crippen LogP contribution < -0.4 is 5.32 Å². The maximum atomic E-state index is 5.46. The van der Waals surface area contributed by atoms with Crippen LogP contribution in [0.1, 0.15) is 25.8 Å². The Bertz CT molecular complexity index is 274. The van der Waals surface area contributed by atoms with Gasteiger partial charge in [-0.3, -0.25) is 4.98 Å². The summed E-state index contributed by atoms with van der Waals surface area (Å²) in [6.07, 6.45) is 4.42. The Labute approximate surface area is 103 Å². The summed E-state index contributed by atoms with van der Waals surface area (Å²) in [7, 11) is 0. The van der Waals surface area contributed by atoms with Crippen LogP contribution in [-0.4, -0.2) is 31.0 Å². The van der Waals surface area contributed by atoms with Gasteiger partial charge in [0.25, 0.3) is 0 Å². The second-order valence-corrected chi connectivity index (χ2v) is 3.67. The average Bonchev–Trinajstić information content (AvgIpc) is 2.36. The zero-order chi connectivity index (χ0) is 12.3. The highest BCUT2D eigenvalue weighted by molar-refractivity contribution is 5.07. The number of pyridine rings is 1. The smallest absolute Gasteiger partial charge is 0.158 e. The largest absolute Gasteiger partial charge is 0.353 e. The molecule has 96 valence electrons. The molecule has 0 aliphatic rings. The first-order valence-electron chi connectivity index (χ1n) is 6.19. The van der Waals surface area contributed by atoms with Gasteiger partial charge < -0.3 is 14.8 Å². The molecule has 0 amide bonds. The monoisotopic (exact) mass is 238 g/mol. The van der Waals surface area contributed by atoms with Gasteiger partial charge in [0.2, 0.25) is 0 Å². The molecule has 1 aromatic rings. The van der Waals surface area contributed by atoms with E-state index < -0.39 is 0 Å². The van der Waals surface area contributed by atoms with E-state index in [4.69, 9.17) is 9.47 Å². The van der Waals surface area contributed by atoms with Crippen molar-refractivity contribution in [1.29, 1.82) is 0 Å². The third kappa shape index (κ3) is 6.36. The SMILES string of the molecule is CCOC(CCNCc1cccnc1)OCC. The van der Waals surface area contributed by atoms with Crippen molar-refractivity contribution in [2.75, 3.05) is 19.8 Å². The fourth-order valence-corrected chi connectivity index (χ4v) is 1.54. The van der Waals surface area contributed by atoms with E-state index in [0.717, 1.165) is 19.5 Å². The molecule has 0 aliphatic carbocycles. The number of rotatable bonds is 9. The number of ether oxygens (including phenoxy) is 2. The molecule has 1 aromatic heterocycles. The number of hydrogen-bond donors (Lipinski definition) is 1. The van der Waals surface area contributed by atoms with Crippen LogP contribution in [-0.2, 0) is 16.0 Å². The van der Waals surface area contributed by atoms with Crippen LogP contribution in [0.2, 0.25) is 0 Å². The molecule has 4 heteroatoms. The molecule has 0 unspecified atom stereocenters. The third-order valence-electron chi connectivity index (χ3n) is 2.31. The Kier molecular flexibility index (Phi) is 7.54. The van der Waals surface area contributed by atoms with Crippen LogP contribution in [0, 0.1) is 0 Å². The summed E-state index contributed by atoms with van der Waals surface area (Å²) >= 11 is 0. The molecule has 17 heavy (non-hydrogen) atoms. The van der Waals surface area contributed by atoms with Gasteiger partial charge in [-0.15, -0.1) is 0 Å². The maximum Gasteiger partial charge on any atom is 0.158 e. The van der Waals surface area contributed by atoms with Gasteiger partial charge in [-0.25, -0.2) is 0 Å². The van der Waals surface area contributed by atoms with Crippen molar-refractivity contribution in [3.05, 3.63) is 30.1 Å². The lowest BCUT2D eigenvalue weighted by Gasteiger charge is -2.16.